The third-order valence-electron chi connectivity index (χ3n) is 3.62. The van der Waals surface area contributed by atoms with Crippen molar-refractivity contribution in [1.29, 1.82) is 0 Å². The summed E-state index contributed by atoms with van der Waals surface area (Å²) < 4.78 is 6.55. The van der Waals surface area contributed by atoms with Crippen LogP contribution in [0.1, 0.15) is 18.9 Å². The van der Waals surface area contributed by atoms with Crippen molar-refractivity contribution >= 4 is 39.2 Å². The van der Waals surface area contributed by atoms with Crippen molar-refractivity contribution in [3.8, 4) is 5.75 Å². The van der Waals surface area contributed by atoms with Gasteiger partial charge in [0.1, 0.15) is 5.75 Å². The van der Waals surface area contributed by atoms with Gasteiger partial charge in [0.25, 0.3) is 0 Å². The Balaban J connectivity index is 1.77. The minimum Gasteiger partial charge on any atom is -0.492 e. The van der Waals surface area contributed by atoms with Crippen LogP contribution < -0.4 is 15.0 Å². The number of urea groups is 1. The molecule has 25 heavy (non-hydrogen) atoms. The van der Waals surface area contributed by atoms with Crippen molar-refractivity contribution in [3.63, 3.8) is 0 Å². The summed E-state index contributed by atoms with van der Waals surface area (Å²) in [6, 6.07) is 13.3. The third-order valence-corrected chi connectivity index (χ3v) is 4.41. The molecule has 0 saturated heterocycles. The van der Waals surface area contributed by atoms with E-state index in [1.165, 1.54) is 0 Å². The second kappa shape index (κ2) is 9.68. The number of carbonyl (C=O) groups is 1. The maximum atomic E-state index is 12.4. The first-order valence-electron chi connectivity index (χ1n) is 8.21. The van der Waals surface area contributed by atoms with E-state index < -0.39 is 0 Å². The molecule has 4 nitrogen and oxygen atoms in total. The lowest BCUT2D eigenvalue weighted by Gasteiger charge is -2.22. The van der Waals surface area contributed by atoms with Gasteiger partial charge in [-0.3, -0.25) is 4.90 Å². The van der Waals surface area contributed by atoms with E-state index in [2.05, 4.69) is 21.2 Å². The number of aryl methyl sites for hydroxylation is 1. The molecule has 0 saturated carbocycles. The van der Waals surface area contributed by atoms with Crippen molar-refractivity contribution in [2.75, 3.05) is 24.6 Å². The zero-order valence-electron chi connectivity index (χ0n) is 14.4. The molecule has 0 fully saturated rings. The monoisotopic (exact) mass is 424 g/mol. The molecule has 2 rings (SSSR count). The summed E-state index contributed by atoms with van der Waals surface area (Å²) in [6.45, 7) is 5.61. The van der Waals surface area contributed by atoms with E-state index >= 15 is 0 Å². The predicted molar refractivity (Wildman–Crippen MR) is 107 cm³/mol. The van der Waals surface area contributed by atoms with Gasteiger partial charge < -0.3 is 10.1 Å². The highest BCUT2D eigenvalue weighted by Crippen LogP contribution is 2.27. The topological polar surface area (TPSA) is 41.6 Å². The van der Waals surface area contributed by atoms with E-state index in [1.54, 1.807) is 11.0 Å². The Kier molecular flexibility index (Phi) is 7.59. The second-order valence-corrected chi connectivity index (χ2v) is 6.91. The SMILES string of the molecule is CCN(C(=O)NCCCOc1ccc(Br)cc1Cl)c1cccc(C)c1. The summed E-state index contributed by atoms with van der Waals surface area (Å²) in [4.78, 5) is 14.1. The number of nitrogens with one attached hydrogen (secondary N) is 1. The van der Waals surface area contributed by atoms with Gasteiger partial charge in [-0.25, -0.2) is 4.79 Å². The average Bonchev–Trinajstić information content (AvgIpc) is 2.57. The lowest BCUT2D eigenvalue weighted by molar-refractivity contribution is 0.244. The van der Waals surface area contributed by atoms with Gasteiger partial charge >= 0.3 is 6.03 Å². The average molecular weight is 426 g/mol. The molecule has 0 aliphatic rings. The highest BCUT2D eigenvalue weighted by Gasteiger charge is 2.13. The fourth-order valence-corrected chi connectivity index (χ4v) is 3.10. The van der Waals surface area contributed by atoms with Gasteiger partial charge in [-0.1, -0.05) is 39.7 Å². The molecular weight excluding hydrogens is 404 g/mol. The molecule has 0 aliphatic carbocycles. The lowest BCUT2D eigenvalue weighted by Crippen LogP contribution is -2.40. The summed E-state index contributed by atoms with van der Waals surface area (Å²) in [7, 11) is 0. The van der Waals surface area contributed by atoms with Gasteiger partial charge in [0.15, 0.2) is 0 Å². The molecule has 1 N–H and O–H groups in total. The van der Waals surface area contributed by atoms with E-state index in [0.717, 1.165) is 15.7 Å². The fraction of sp³-hybridized carbons (Fsp3) is 0.316. The second-order valence-electron chi connectivity index (χ2n) is 5.59. The van der Waals surface area contributed by atoms with Gasteiger partial charge in [-0.2, -0.15) is 0 Å². The van der Waals surface area contributed by atoms with Gasteiger partial charge in [0, 0.05) is 23.2 Å². The van der Waals surface area contributed by atoms with Gasteiger partial charge in [-0.15, -0.1) is 0 Å². The molecule has 0 spiro atoms. The highest BCUT2D eigenvalue weighted by molar-refractivity contribution is 9.10. The molecule has 6 heteroatoms. The van der Waals surface area contributed by atoms with E-state index in [9.17, 15) is 4.79 Å². The van der Waals surface area contributed by atoms with E-state index in [1.807, 2.05) is 50.2 Å². The number of carbonyl (C=O) groups excluding carboxylic acids is 1. The summed E-state index contributed by atoms with van der Waals surface area (Å²) in [5, 5.41) is 3.49. The van der Waals surface area contributed by atoms with Crippen LogP contribution in [0, 0.1) is 6.92 Å². The van der Waals surface area contributed by atoms with Crippen LogP contribution in [0.25, 0.3) is 0 Å². The predicted octanol–water partition coefficient (Wildman–Crippen LogP) is 5.42. The molecule has 0 bridgehead atoms. The summed E-state index contributed by atoms with van der Waals surface area (Å²) in [6.07, 6.45) is 0.698. The van der Waals surface area contributed by atoms with Crippen molar-refractivity contribution in [2.24, 2.45) is 0 Å². The van der Waals surface area contributed by atoms with Gasteiger partial charge in [0.05, 0.1) is 11.6 Å². The maximum Gasteiger partial charge on any atom is 0.321 e. The number of anilines is 1. The van der Waals surface area contributed by atoms with Gasteiger partial charge in [0.2, 0.25) is 0 Å². The molecular formula is C19H22BrClN2O2. The first kappa shape index (κ1) is 19.6. The first-order valence-corrected chi connectivity index (χ1v) is 9.38. The minimum atomic E-state index is -0.102. The van der Waals surface area contributed by atoms with Crippen LogP contribution in [0.3, 0.4) is 0 Å². The molecule has 0 radical (unpaired) electrons. The number of hydrogen-bond acceptors (Lipinski definition) is 2. The number of rotatable bonds is 7. The summed E-state index contributed by atoms with van der Waals surface area (Å²) in [5.41, 5.74) is 2.03. The van der Waals surface area contributed by atoms with Crippen LogP contribution in [0.5, 0.6) is 5.75 Å². The van der Waals surface area contributed by atoms with Crippen LogP contribution in [-0.4, -0.2) is 25.7 Å². The van der Waals surface area contributed by atoms with Gasteiger partial charge in [-0.05, 0) is 56.2 Å². The number of amides is 2. The Morgan fingerprint density at radius 1 is 1.28 bits per heavy atom. The van der Waals surface area contributed by atoms with Crippen molar-refractivity contribution in [1.82, 2.24) is 5.32 Å². The van der Waals surface area contributed by atoms with E-state index in [4.69, 9.17) is 16.3 Å². The highest BCUT2D eigenvalue weighted by atomic mass is 79.9. The minimum absolute atomic E-state index is 0.102. The Morgan fingerprint density at radius 2 is 2.08 bits per heavy atom. The number of halogens is 2. The normalized spacial score (nSPS) is 10.4. The molecule has 134 valence electrons. The maximum absolute atomic E-state index is 12.4. The van der Waals surface area contributed by atoms with Crippen LogP contribution in [0.2, 0.25) is 5.02 Å². The molecule has 0 aromatic heterocycles. The largest absolute Gasteiger partial charge is 0.492 e. The molecule has 0 heterocycles. The number of benzene rings is 2. The van der Waals surface area contributed by atoms with Crippen LogP contribution >= 0.6 is 27.5 Å². The van der Waals surface area contributed by atoms with Crippen LogP contribution in [0.4, 0.5) is 10.5 Å². The number of hydrogen-bond donors (Lipinski definition) is 1. The number of ether oxygens (including phenoxy) is 1. The molecule has 2 aromatic carbocycles. The smallest absolute Gasteiger partial charge is 0.321 e. The molecule has 0 atom stereocenters. The molecule has 2 amide bonds. The standard InChI is InChI=1S/C19H22BrClN2O2/c1-3-23(16-7-4-6-14(2)12-16)19(24)22-10-5-11-25-18-9-8-15(20)13-17(18)21/h4,6-9,12-13H,3,5,10-11H2,1-2H3,(H,22,24). The van der Waals surface area contributed by atoms with Crippen LogP contribution in [0.15, 0.2) is 46.9 Å². The van der Waals surface area contributed by atoms with Crippen molar-refractivity contribution < 1.29 is 9.53 Å². The Labute approximate surface area is 162 Å². The van der Waals surface area contributed by atoms with Crippen molar-refractivity contribution in [2.45, 2.75) is 20.3 Å². The number of nitrogens with zero attached hydrogens (tertiary/aromatic N) is 1. The Bertz CT molecular complexity index is 724. The lowest BCUT2D eigenvalue weighted by atomic mass is 10.2. The van der Waals surface area contributed by atoms with E-state index in [0.29, 0.717) is 36.9 Å². The Hall–Kier alpha value is -1.72. The van der Waals surface area contributed by atoms with Crippen molar-refractivity contribution in [3.05, 3.63) is 57.5 Å². The first-order chi connectivity index (χ1) is 12.0. The van der Waals surface area contributed by atoms with E-state index in [-0.39, 0.29) is 6.03 Å². The molecule has 0 unspecified atom stereocenters. The summed E-state index contributed by atoms with van der Waals surface area (Å²) >= 11 is 9.46. The zero-order chi connectivity index (χ0) is 18.2. The third kappa shape index (κ3) is 5.94. The summed E-state index contributed by atoms with van der Waals surface area (Å²) in [5.74, 6) is 0.645. The quantitative estimate of drug-likeness (QED) is 0.602. The van der Waals surface area contributed by atoms with Crippen LogP contribution in [-0.2, 0) is 0 Å². The molecule has 2 aromatic rings. The Morgan fingerprint density at radius 3 is 2.76 bits per heavy atom. The zero-order valence-corrected chi connectivity index (χ0v) is 16.7. The fourth-order valence-electron chi connectivity index (χ4n) is 2.38. The molecule has 0 aliphatic heterocycles.